The summed E-state index contributed by atoms with van der Waals surface area (Å²) < 4.78 is 0. The van der Waals surface area contributed by atoms with E-state index in [9.17, 15) is 0 Å². The van der Waals surface area contributed by atoms with E-state index in [2.05, 4.69) is 90.5 Å². The number of nitrogens with zero attached hydrogens (tertiary/aromatic N) is 2. The van der Waals surface area contributed by atoms with E-state index in [4.69, 9.17) is 0 Å². The molecular formula is C32H40N2. The zero-order valence-electron chi connectivity index (χ0n) is 21.0. The van der Waals surface area contributed by atoms with Gasteiger partial charge in [0.1, 0.15) is 6.17 Å². The van der Waals surface area contributed by atoms with Gasteiger partial charge < -0.3 is 9.80 Å². The van der Waals surface area contributed by atoms with E-state index in [1.165, 1.54) is 86.7 Å². The summed E-state index contributed by atoms with van der Waals surface area (Å²) in [6, 6.07) is 20.2. The highest BCUT2D eigenvalue weighted by Gasteiger charge is 2.56. The van der Waals surface area contributed by atoms with Crippen LogP contribution < -0.4 is 4.90 Å². The smallest absolute Gasteiger partial charge is 0.136 e. The molecule has 2 aliphatic carbocycles. The molecule has 1 atom stereocenters. The van der Waals surface area contributed by atoms with Crippen molar-refractivity contribution in [2.24, 2.45) is 17.3 Å². The number of allylic oxidation sites excluding steroid dienone is 2. The van der Waals surface area contributed by atoms with Crippen LogP contribution in [0.15, 0.2) is 78.3 Å². The topological polar surface area (TPSA) is 6.48 Å². The van der Waals surface area contributed by atoms with Crippen molar-refractivity contribution in [2.75, 3.05) is 4.90 Å². The number of hydrogen-bond donors (Lipinski definition) is 0. The predicted octanol–water partition coefficient (Wildman–Crippen LogP) is 8.72. The lowest BCUT2D eigenvalue weighted by atomic mass is 9.57. The van der Waals surface area contributed by atoms with Crippen LogP contribution in [-0.4, -0.2) is 4.90 Å². The molecule has 6 rings (SSSR count). The second kappa shape index (κ2) is 8.95. The van der Waals surface area contributed by atoms with Crippen molar-refractivity contribution in [1.82, 2.24) is 4.90 Å². The maximum absolute atomic E-state index is 2.70. The monoisotopic (exact) mass is 452 g/mol. The van der Waals surface area contributed by atoms with Gasteiger partial charge in [-0.25, -0.2) is 0 Å². The normalized spacial score (nSPS) is 25.3. The van der Waals surface area contributed by atoms with Gasteiger partial charge in [0.15, 0.2) is 0 Å². The van der Waals surface area contributed by atoms with E-state index in [0.29, 0.717) is 0 Å². The summed E-state index contributed by atoms with van der Waals surface area (Å²) in [6.45, 7) is 4.69. The van der Waals surface area contributed by atoms with Crippen molar-refractivity contribution in [3.05, 3.63) is 89.4 Å². The highest BCUT2D eigenvalue weighted by Crippen LogP contribution is 2.62. The van der Waals surface area contributed by atoms with Crippen molar-refractivity contribution in [3.63, 3.8) is 0 Å². The minimum Gasteiger partial charge on any atom is -0.324 e. The molecule has 2 aromatic carbocycles. The van der Waals surface area contributed by atoms with E-state index >= 15 is 0 Å². The van der Waals surface area contributed by atoms with Gasteiger partial charge in [-0.05, 0) is 68.6 Å². The van der Waals surface area contributed by atoms with E-state index < -0.39 is 0 Å². The van der Waals surface area contributed by atoms with E-state index in [0.717, 1.165) is 11.8 Å². The molecule has 2 aromatic rings. The molecule has 0 spiro atoms. The largest absolute Gasteiger partial charge is 0.324 e. The van der Waals surface area contributed by atoms with Crippen LogP contribution in [0.1, 0.15) is 88.4 Å². The molecule has 2 heteroatoms. The van der Waals surface area contributed by atoms with E-state index in [-0.39, 0.29) is 11.6 Å². The zero-order valence-corrected chi connectivity index (χ0v) is 21.0. The molecule has 2 heterocycles. The second-order valence-electron chi connectivity index (χ2n) is 11.2. The number of aryl methyl sites for hydroxylation is 1. The van der Waals surface area contributed by atoms with Crippen LogP contribution in [0.5, 0.6) is 0 Å². The third-order valence-corrected chi connectivity index (χ3v) is 9.43. The molecule has 2 fully saturated rings. The Morgan fingerprint density at radius 2 is 1.29 bits per heavy atom. The van der Waals surface area contributed by atoms with Crippen LogP contribution in [0.2, 0.25) is 0 Å². The summed E-state index contributed by atoms with van der Waals surface area (Å²) >= 11 is 0. The summed E-state index contributed by atoms with van der Waals surface area (Å²) in [7, 11) is 0. The average Bonchev–Trinajstić information content (AvgIpc) is 3.43. The molecule has 0 radical (unpaired) electrons. The van der Waals surface area contributed by atoms with Crippen molar-refractivity contribution in [1.29, 1.82) is 0 Å². The molecule has 0 amide bonds. The first-order valence-electron chi connectivity index (χ1n) is 13.8. The SMILES string of the molecule is CC1=C2N(C=CC2(C2CCCCC2)C2CCCCC2)C(c2ccccc2)N1c1ccccc1C. The van der Waals surface area contributed by atoms with Gasteiger partial charge in [-0.1, -0.05) is 93.1 Å². The number of rotatable bonds is 4. The molecule has 0 saturated heterocycles. The van der Waals surface area contributed by atoms with Crippen LogP contribution in [-0.2, 0) is 0 Å². The van der Waals surface area contributed by atoms with Gasteiger partial charge in [0.2, 0.25) is 0 Å². The van der Waals surface area contributed by atoms with Crippen molar-refractivity contribution >= 4 is 5.69 Å². The van der Waals surface area contributed by atoms with Gasteiger partial charge in [-0.3, -0.25) is 0 Å². The highest BCUT2D eigenvalue weighted by atomic mass is 15.4. The molecule has 2 aliphatic heterocycles. The lowest BCUT2D eigenvalue weighted by Gasteiger charge is -2.47. The molecule has 0 bridgehead atoms. The number of anilines is 1. The Bertz CT molecular complexity index is 1050. The van der Waals surface area contributed by atoms with Gasteiger partial charge in [-0.2, -0.15) is 0 Å². The summed E-state index contributed by atoms with van der Waals surface area (Å²) in [6.07, 6.45) is 19.4. The molecule has 34 heavy (non-hydrogen) atoms. The molecule has 4 aliphatic rings. The number of hydrogen-bond acceptors (Lipinski definition) is 2. The first-order chi connectivity index (χ1) is 16.7. The predicted molar refractivity (Wildman–Crippen MR) is 142 cm³/mol. The summed E-state index contributed by atoms with van der Waals surface area (Å²) in [5.41, 5.74) is 7.40. The van der Waals surface area contributed by atoms with Crippen LogP contribution in [0, 0.1) is 24.2 Å². The minimum absolute atomic E-state index is 0.197. The minimum atomic E-state index is 0.197. The Hall–Kier alpha value is -2.48. The molecule has 2 saturated carbocycles. The Labute approximate surface area is 206 Å². The first kappa shape index (κ1) is 22.0. The number of para-hydroxylation sites is 1. The summed E-state index contributed by atoms with van der Waals surface area (Å²) in [5.74, 6) is 1.56. The molecule has 0 N–H and O–H groups in total. The van der Waals surface area contributed by atoms with E-state index in [1.807, 2.05) is 0 Å². The number of benzene rings is 2. The fraction of sp³-hybridized carbons (Fsp3) is 0.500. The third kappa shape index (κ3) is 3.36. The first-order valence-corrected chi connectivity index (χ1v) is 13.8. The second-order valence-corrected chi connectivity index (χ2v) is 11.2. The standard InChI is InChI=1S/C32H40N2/c1-24-14-12-13-21-29(24)34-25(2)30-32(27-17-8-4-9-18-27,28-19-10-5-11-20-28)22-23-33(30)31(34)26-15-6-3-7-16-26/h3,6-7,12-16,21-23,27-28,31H,4-5,8-11,17-20H2,1-2H3. The Morgan fingerprint density at radius 1 is 0.706 bits per heavy atom. The van der Waals surface area contributed by atoms with E-state index in [1.54, 1.807) is 5.70 Å². The van der Waals surface area contributed by atoms with Crippen molar-refractivity contribution in [2.45, 2.75) is 84.2 Å². The maximum Gasteiger partial charge on any atom is 0.136 e. The molecule has 1 unspecified atom stereocenters. The molecule has 178 valence electrons. The lowest BCUT2D eigenvalue weighted by Crippen LogP contribution is -2.41. The maximum atomic E-state index is 2.70. The van der Waals surface area contributed by atoms with Gasteiger partial charge >= 0.3 is 0 Å². The summed E-state index contributed by atoms with van der Waals surface area (Å²) in [5, 5.41) is 0. The molecule has 0 aromatic heterocycles. The fourth-order valence-corrected chi connectivity index (χ4v) is 7.94. The van der Waals surface area contributed by atoms with Gasteiger partial charge in [0.25, 0.3) is 0 Å². The Balaban J connectivity index is 1.53. The van der Waals surface area contributed by atoms with Crippen LogP contribution >= 0.6 is 0 Å². The highest BCUT2D eigenvalue weighted by molar-refractivity contribution is 5.64. The molecular weight excluding hydrogens is 412 g/mol. The Morgan fingerprint density at radius 3 is 1.91 bits per heavy atom. The zero-order chi connectivity index (χ0) is 23.1. The van der Waals surface area contributed by atoms with Crippen molar-refractivity contribution < 1.29 is 0 Å². The van der Waals surface area contributed by atoms with Gasteiger partial charge in [-0.15, -0.1) is 0 Å². The third-order valence-electron chi connectivity index (χ3n) is 9.43. The van der Waals surface area contributed by atoms with Crippen LogP contribution in [0.25, 0.3) is 0 Å². The van der Waals surface area contributed by atoms with Crippen molar-refractivity contribution in [3.8, 4) is 0 Å². The van der Waals surface area contributed by atoms with Gasteiger partial charge in [0.05, 0.1) is 0 Å². The fourth-order valence-electron chi connectivity index (χ4n) is 7.94. The quantitative estimate of drug-likeness (QED) is 0.457. The van der Waals surface area contributed by atoms with Crippen LogP contribution in [0.4, 0.5) is 5.69 Å². The average molecular weight is 453 g/mol. The lowest BCUT2D eigenvalue weighted by molar-refractivity contribution is 0.0915. The number of fused-ring (bicyclic) bond motifs is 1. The Kier molecular flexibility index (Phi) is 5.79. The molecule has 2 nitrogen and oxygen atoms in total. The summed E-state index contributed by atoms with van der Waals surface area (Å²) in [4.78, 5) is 5.34. The van der Waals surface area contributed by atoms with Crippen LogP contribution in [0.3, 0.4) is 0 Å². The van der Waals surface area contributed by atoms with Gasteiger partial charge in [0, 0.05) is 28.7 Å².